The second-order valence-electron chi connectivity index (χ2n) is 4.63. The molecule has 0 radical (unpaired) electrons. The van der Waals surface area contributed by atoms with Gasteiger partial charge in [-0.2, -0.15) is 5.10 Å². The summed E-state index contributed by atoms with van der Waals surface area (Å²) in [5.41, 5.74) is 2.89. The van der Waals surface area contributed by atoms with Gasteiger partial charge in [-0.1, -0.05) is 36.4 Å². The van der Waals surface area contributed by atoms with E-state index in [2.05, 4.69) is 10.1 Å². The van der Waals surface area contributed by atoms with Crippen molar-refractivity contribution in [3.63, 3.8) is 0 Å². The Morgan fingerprint density at radius 3 is 2.60 bits per heavy atom. The number of aliphatic hydroxyl groups is 1. The summed E-state index contributed by atoms with van der Waals surface area (Å²) >= 11 is 0. The third-order valence-electron chi connectivity index (χ3n) is 3.17. The van der Waals surface area contributed by atoms with Crippen LogP contribution in [0.3, 0.4) is 0 Å². The maximum Gasteiger partial charge on any atom is 0.159 e. The van der Waals surface area contributed by atoms with Gasteiger partial charge in [-0.05, 0) is 18.6 Å². The molecule has 0 amide bonds. The molecule has 0 saturated carbocycles. The lowest BCUT2D eigenvalue weighted by atomic mass is 10.1. The summed E-state index contributed by atoms with van der Waals surface area (Å²) in [6, 6.07) is 13.7. The number of hydrogen-bond acceptors (Lipinski definition) is 3. The third-order valence-corrected chi connectivity index (χ3v) is 3.17. The summed E-state index contributed by atoms with van der Waals surface area (Å²) in [6.45, 7) is 1.72. The average molecular weight is 265 g/mol. The van der Waals surface area contributed by atoms with Crippen molar-refractivity contribution in [2.24, 2.45) is 0 Å². The number of hydrogen-bond donors (Lipinski definition) is 1. The third kappa shape index (κ3) is 2.33. The largest absolute Gasteiger partial charge is 0.389 e. The summed E-state index contributed by atoms with van der Waals surface area (Å²) in [6.07, 6.45) is 4.84. The summed E-state index contributed by atoms with van der Waals surface area (Å²) in [4.78, 5) is 4.32. The number of aromatic nitrogens is 3. The highest BCUT2D eigenvalue weighted by molar-refractivity contribution is 5.62. The van der Waals surface area contributed by atoms with E-state index in [1.807, 2.05) is 48.7 Å². The van der Waals surface area contributed by atoms with Crippen LogP contribution in [0.5, 0.6) is 0 Å². The highest BCUT2D eigenvalue weighted by Crippen LogP contribution is 2.22. The monoisotopic (exact) mass is 265 g/mol. The summed E-state index contributed by atoms with van der Waals surface area (Å²) in [5, 5.41) is 14.2. The molecule has 0 spiro atoms. The minimum absolute atomic E-state index is 0.580. The van der Waals surface area contributed by atoms with E-state index in [0.717, 1.165) is 16.7 Å². The van der Waals surface area contributed by atoms with Gasteiger partial charge in [-0.3, -0.25) is 0 Å². The molecule has 0 fully saturated rings. The zero-order valence-electron chi connectivity index (χ0n) is 11.1. The van der Waals surface area contributed by atoms with E-state index >= 15 is 0 Å². The molecule has 2 aromatic heterocycles. The van der Waals surface area contributed by atoms with Crippen LogP contribution >= 0.6 is 0 Å². The Hall–Kier alpha value is -2.46. The second-order valence-corrected chi connectivity index (χ2v) is 4.63. The molecule has 4 nitrogen and oxygen atoms in total. The van der Waals surface area contributed by atoms with E-state index in [1.54, 1.807) is 24.0 Å². The van der Waals surface area contributed by atoms with Crippen LogP contribution in [0, 0.1) is 0 Å². The fraction of sp³-hybridized carbons (Fsp3) is 0.125. The van der Waals surface area contributed by atoms with Crippen LogP contribution in [-0.4, -0.2) is 19.9 Å². The van der Waals surface area contributed by atoms with Crippen LogP contribution in [0.2, 0.25) is 0 Å². The molecule has 3 rings (SSSR count). The lowest BCUT2D eigenvalue weighted by molar-refractivity contribution is 0.198. The molecular formula is C16H15N3O. The van der Waals surface area contributed by atoms with Crippen molar-refractivity contribution in [1.82, 2.24) is 14.8 Å². The quantitative estimate of drug-likeness (QED) is 0.792. The fourth-order valence-corrected chi connectivity index (χ4v) is 2.15. The van der Waals surface area contributed by atoms with Gasteiger partial charge in [0.1, 0.15) is 0 Å². The first-order valence-electron chi connectivity index (χ1n) is 6.49. The van der Waals surface area contributed by atoms with Crippen LogP contribution in [0.4, 0.5) is 0 Å². The summed E-state index contributed by atoms with van der Waals surface area (Å²) in [5.74, 6) is 0.657. The van der Waals surface area contributed by atoms with Gasteiger partial charge in [0.05, 0.1) is 12.3 Å². The highest BCUT2D eigenvalue weighted by Gasteiger charge is 2.11. The SMILES string of the molecule is C[C@@H](O)c1cccnc1-n1cc(-c2ccccc2)cn1. The van der Waals surface area contributed by atoms with Crippen molar-refractivity contribution < 1.29 is 5.11 Å². The van der Waals surface area contributed by atoms with Gasteiger partial charge in [0.15, 0.2) is 5.82 Å². The molecule has 2 heterocycles. The Labute approximate surface area is 117 Å². The predicted molar refractivity (Wildman–Crippen MR) is 77.4 cm³/mol. The minimum Gasteiger partial charge on any atom is -0.389 e. The van der Waals surface area contributed by atoms with Crippen LogP contribution in [0.15, 0.2) is 61.1 Å². The molecule has 1 aromatic carbocycles. The van der Waals surface area contributed by atoms with E-state index in [9.17, 15) is 5.11 Å². The molecule has 0 saturated heterocycles. The van der Waals surface area contributed by atoms with E-state index in [4.69, 9.17) is 0 Å². The molecule has 0 aliphatic carbocycles. The average Bonchev–Trinajstić information content (AvgIpc) is 2.98. The van der Waals surface area contributed by atoms with Crippen molar-refractivity contribution in [3.8, 4) is 16.9 Å². The van der Waals surface area contributed by atoms with E-state index in [-0.39, 0.29) is 0 Å². The molecule has 100 valence electrons. The number of rotatable bonds is 3. The van der Waals surface area contributed by atoms with Gasteiger partial charge in [0.2, 0.25) is 0 Å². The molecule has 0 aliphatic rings. The zero-order chi connectivity index (χ0) is 13.9. The number of aliphatic hydroxyl groups excluding tert-OH is 1. The van der Waals surface area contributed by atoms with Gasteiger partial charge < -0.3 is 5.11 Å². The van der Waals surface area contributed by atoms with E-state index < -0.39 is 6.10 Å². The molecule has 3 aromatic rings. The van der Waals surface area contributed by atoms with Crippen LogP contribution in [-0.2, 0) is 0 Å². The van der Waals surface area contributed by atoms with Crippen molar-refractivity contribution in [2.75, 3.05) is 0 Å². The van der Waals surface area contributed by atoms with Crippen molar-refractivity contribution in [3.05, 3.63) is 66.6 Å². The highest BCUT2D eigenvalue weighted by atomic mass is 16.3. The molecule has 4 heteroatoms. The molecule has 1 atom stereocenters. The Morgan fingerprint density at radius 2 is 1.85 bits per heavy atom. The molecule has 0 bridgehead atoms. The minimum atomic E-state index is -0.580. The van der Waals surface area contributed by atoms with Crippen molar-refractivity contribution >= 4 is 0 Å². The van der Waals surface area contributed by atoms with Crippen molar-refractivity contribution in [1.29, 1.82) is 0 Å². The number of nitrogens with zero attached hydrogens (tertiary/aromatic N) is 3. The number of benzene rings is 1. The van der Waals surface area contributed by atoms with Gasteiger partial charge in [0, 0.05) is 23.5 Å². The normalized spacial score (nSPS) is 12.3. The lowest BCUT2D eigenvalue weighted by Crippen LogP contribution is -2.05. The first kappa shape index (κ1) is 12.6. The first-order valence-corrected chi connectivity index (χ1v) is 6.49. The van der Waals surface area contributed by atoms with Crippen LogP contribution in [0.1, 0.15) is 18.6 Å². The van der Waals surface area contributed by atoms with Crippen LogP contribution in [0.25, 0.3) is 16.9 Å². The van der Waals surface area contributed by atoms with Gasteiger partial charge in [-0.25, -0.2) is 9.67 Å². The predicted octanol–water partition coefficient (Wildman–Crippen LogP) is 2.99. The smallest absolute Gasteiger partial charge is 0.159 e. The molecule has 1 N–H and O–H groups in total. The van der Waals surface area contributed by atoms with Gasteiger partial charge in [-0.15, -0.1) is 0 Å². The topological polar surface area (TPSA) is 50.9 Å². The second kappa shape index (κ2) is 5.27. The Bertz CT molecular complexity index is 705. The fourth-order valence-electron chi connectivity index (χ4n) is 2.15. The molecule has 20 heavy (non-hydrogen) atoms. The lowest BCUT2D eigenvalue weighted by Gasteiger charge is -2.10. The van der Waals surface area contributed by atoms with E-state index in [1.165, 1.54) is 0 Å². The van der Waals surface area contributed by atoms with E-state index in [0.29, 0.717) is 5.82 Å². The maximum absolute atomic E-state index is 9.81. The number of pyridine rings is 1. The Balaban J connectivity index is 2.03. The molecule has 0 aliphatic heterocycles. The van der Waals surface area contributed by atoms with Crippen molar-refractivity contribution in [2.45, 2.75) is 13.0 Å². The standard InChI is InChI=1S/C16H15N3O/c1-12(20)15-8-5-9-17-16(15)19-11-14(10-18-19)13-6-3-2-4-7-13/h2-12,20H,1H3/t12-/m1/s1. The Kier molecular flexibility index (Phi) is 3.31. The zero-order valence-corrected chi connectivity index (χ0v) is 11.1. The first-order chi connectivity index (χ1) is 9.75. The van der Waals surface area contributed by atoms with Gasteiger partial charge in [0.25, 0.3) is 0 Å². The Morgan fingerprint density at radius 1 is 1.05 bits per heavy atom. The van der Waals surface area contributed by atoms with Gasteiger partial charge >= 0.3 is 0 Å². The molecular weight excluding hydrogens is 250 g/mol. The summed E-state index contributed by atoms with van der Waals surface area (Å²) < 4.78 is 1.70. The maximum atomic E-state index is 9.81. The summed E-state index contributed by atoms with van der Waals surface area (Å²) in [7, 11) is 0. The van der Waals surface area contributed by atoms with Crippen LogP contribution < -0.4 is 0 Å². The molecule has 0 unspecified atom stereocenters.